The highest BCUT2D eigenvalue weighted by Gasteiger charge is 2.14. The quantitative estimate of drug-likeness (QED) is 0.504. The Balaban J connectivity index is 1.90. The van der Waals surface area contributed by atoms with Gasteiger partial charge in [0.15, 0.2) is 0 Å². The molecule has 0 aliphatic heterocycles. The molecule has 1 atom stereocenters. The van der Waals surface area contributed by atoms with Crippen LogP contribution >= 0.6 is 0 Å². The van der Waals surface area contributed by atoms with E-state index >= 15 is 0 Å². The predicted molar refractivity (Wildman–Crippen MR) is 86.3 cm³/mol. The Morgan fingerprint density at radius 1 is 1.26 bits per heavy atom. The van der Waals surface area contributed by atoms with Gasteiger partial charge >= 0.3 is 0 Å². The van der Waals surface area contributed by atoms with Crippen molar-refractivity contribution in [1.82, 2.24) is 0 Å². The first-order chi connectivity index (χ1) is 11.1. The summed E-state index contributed by atoms with van der Waals surface area (Å²) in [6, 6.07) is 14.9. The molecule has 0 saturated heterocycles. The van der Waals surface area contributed by atoms with Crippen LogP contribution in [0.1, 0.15) is 12.5 Å². The lowest BCUT2D eigenvalue weighted by Gasteiger charge is -2.10. The molecular formula is C16H15N3O4. The second-order valence-electron chi connectivity index (χ2n) is 4.69. The zero-order valence-corrected chi connectivity index (χ0v) is 12.4. The third-order valence-electron chi connectivity index (χ3n) is 2.91. The molecule has 118 valence electrons. The van der Waals surface area contributed by atoms with E-state index in [4.69, 9.17) is 4.84 Å². The topological polar surface area (TPSA) is 93.8 Å². The first-order valence-electron chi connectivity index (χ1n) is 6.86. The highest BCUT2D eigenvalue weighted by Crippen LogP contribution is 2.12. The number of amides is 1. The fourth-order valence-electron chi connectivity index (χ4n) is 1.71. The van der Waals surface area contributed by atoms with Gasteiger partial charge in [-0.15, -0.1) is 0 Å². The minimum Gasteiger partial charge on any atom is -0.383 e. The molecule has 0 spiro atoms. The van der Waals surface area contributed by atoms with Gasteiger partial charge in [-0.2, -0.15) is 0 Å². The molecule has 7 nitrogen and oxygen atoms in total. The monoisotopic (exact) mass is 313 g/mol. The maximum atomic E-state index is 11.9. The van der Waals surface area contributed by atoms with Crippen LogP contribution in [0, 0.1) is 10.1 Å². The van der Waals surface area contributed by atoms with Crippen molar-refractivity contribution >= 4 is 23.5 Å². The summed E-state index contributed by atoms with van der Waals surface area (Å²) < 4.78 is 0. The normalized spacial score (nSPS) is 11.9. The maximum absolute atomic E-state index is 11.9. The Hall–Kier alpha value is -3.22. The first-order valence-corrected chi connectivity index (χ1v) is 6.86. The summed E-state index contributed by atoms with van der Waals surface area (Å²) in [5.41, 5.74) is 1.13. The van der Waals surface area contributed by atoms with Crippen molar-refractivity contribution < 1.29 is 14.6 Å². The van der Waals surface area contributed by atoms with Crippen molar-refractivity contribution in [1.29, 1.82) is 0 Å². The molecule has 0 heterocycles. The van der Waals surface area contributed by atoms with Crippen LogP contribution in [0.2, 0.25) is 0 Å². The van der Waals surface area contributed by atoms with Gasteiger partial charge in [-0.05, 0) is 19.1 Å². The third kappa shape index (κ3) is 4.92. The highest BCUT2D eigenvalue weighted by molar-refractivity contribution is 5.93. The summed E-state index contributed by atoms with van der Waals surface area (Å²) in [5.74, 6) is -0.340. The average molecular weight is 313 g/mol. The van der Waals surface area contributed by atoms with E-state index in [0.29, 0.717) is 11.3 Å². The minimum atomic E-state index is -0.801. The summed E-state index contributed by atoms with van der Waals surface area (Å²) in [6.45, 7) is 1.56. The van der Waals surface area contributed by atoms with Gasteiger partial charge in [0.1, 0.15) is 0 Å². The van der Waals surface area contributed by atoms with Crippen molar-refractivity contribution in [3.63, 3.8) is 0 Å². The molecule has 0 saturated carbocycles. The number of non-ortho nitro benzene ring substituents is 1. The van der Waals surface area contributed by atoms with E-state index in [2.05, 4.69) is 10.5 Å². The number of nitro groups is 1. The van der Waals surface area contributed by atoms with Gasteiger partial charge in [0.25, 0.3) is 11.6 Å². The molecule has 0 fully saturated rings. The number of rotatable bonds is 6. The first kappa shape index (κ1) is 16.2. The fraction of sp³-hybridized carbons (Fsp3) is 0.125. The van der Waals surface area contributed by atoms with Gasteiger partial charge in [-0.1, -0.05) is 35.5 Å². The summed E-state index contributed by atoms with van der Waals surface area (Å²) in [7, 11) is 0. The lowest BCUT2D eigenvalue weighted by atomic mass is 10.2. The number of hydrogen-bond acceptors (Lipinski definition) is 5. The molecule has 1 amide bonds. The van der Waals surface area contributed by atoms with Crippen LogP contribution in [-0.4, -0.2) is 23.1 Å². The Labute approximate surface area is 132 Å². The minimum absolute atomic E-state index is 0.0381. The van der Waals surface area contributed by atoms with Gasteiger partial charge in [0.05, 0.1) is 11.1 Å². The Morgan fingerprint density at radius 2 is 2.00 bits per heavy atom. The van der Waals surface area contributed by atoms with E-state index in [-0.39, 0.29) is 11.6 Å². The standard InChI is InChI=1S/C16H15N3O4/c1-12(16(20)18-14-7-3-2-4-8-14)23-17-11-13-6-5-9-15(10-13)19(21)22/h2-12H,1H3,(H,18,20)/b17-11+. The molecule has 23 heavy (non-hydrogen) atoms. The van der Waals surface area contributed by atoms with Crippen molar-refractivity contribution in [2.24, 2.45) is 5.16 Å². The lowest BCUT2D eigenvalue weighted by Crippen LogP contribution is -2.26. The molecule has 2 aromatic carbocycles. The van der Waals surface area contributed by atoms with E-state index in [1.54, 1.807) is 31.2 Å². The number of oxime groups is 1. The Kier molecular flexibility index (Phi) is 5.40. The molecule has 1 N–H and O–H groups in total. The summed E-state index contributed by atoms with van der Waals surface area (Å²) in [5, 5.41) is 17.1. The number of carbonyl (C=O) groups is 1. The molecule has 2 rings (SSSR count). The van der Waals surface area contributed by atoms with E-state index in [1.807, 2.05) is 18.2 Å². The molecule has 0 aliphatic rings. The van der Waals surface area contributed by atoms with Gasteiger partial charge in [0.2, 0.25) is 6.10 Å². The largest absolute Gasteiger partial charge is 0.383 e. The van der Waals surface area contributed by atoms with Crippen molar-refractivity contribution in [3.05, 3.63) is 70.3 Å². The highest BCUT2D eigenvalue weighted by atomic mass is 16.6. The zero-order valence-electron chi connectivity index (χ0n) is 12.4. The van der Waals surface area contributed by atoms with Crippen LogP contribution in [0.3, 0.4) is 0 Å². The molecular weight excluding hydrogens is 298 g/mol. The van der Waals surface area contributed by atoms with E-state index in [1.165, 1.54) is 18.3 Å². The van der Waals surface area contributed by atoms with Crippen LogP contribution in [0.15, 0.2) is 59.8 Å². The van der Waals surface area contributed by atoms with Crippen molar-refractivity contribution in [2.75, 3.05) is 5.32 Å². The van der Waals surface area contributed by atoms with Gasteiger partial charge < -0.3 is 10.2 Å². The predicted octanol–water partition coefficient (Wildman–Crippen LogP) is 2.97. The van der Waals surface area contributed by atoms with E-state index in [9.17, 15) is 14.9 Å². The maximum Gasteiger partial charge on any atom is 0.270 e. The number of hydrogen-bond donors (Lipinski definition) is 1. The Morgan fingerprint density at radius 3 is 2.70 bits per heavy atom. The van der Waals surface area contributed by atoms with E-state index < -0.39 is 11.0 Å². The number of para-hydroxylation sites is 1. The van der Waals surface area contributed by atoms with Gasteiger partial charge in [-0.25, -0.2) is 0 Å². The molecule has 2 aromatic rings. The molecule has 7 heteroatoms. The lowest BCUT2D eigenvalue weighted by molar-refractivity contribution is -0.384. The van der Waals surface area contributed by atoms with Crippen LogP contribution in [0.25, 0.3) is 0 Å². The zero-order chi connectivity index (χ0) is 16.7. The number of anilines is 1. The van der Waals surface area contributed by atoms with Crippen LogP contribution in [0.5, 0.6) is 0 Å². The molecule has 0 radical (unpaired) electrons. The second-order valence-corrected chi connectivity index (χ2v) is 4.69. The molecule has 0 aromatic heterocycles. The summed E-state index contributed by atoms with van der Waals surface area (Å²) >= 11 is 0. The molecule has 0 bridgehead atoms. The van der Waals surface area contributed by atoms with Crippen molar-refractivity contribution in [2.45, 2.75) is 13.0 Å². The van der Waals surface area contributed by atoms with E-state index in [0.717, 1.165) is 0 Å². The van der Waals surface area contributed by atoms with Crippen LogP contribution in [0.4, 0.5) is 11.4 Å². The summed E-state index contributed by atoms with van der Waals surface area (Å²) in [4.78, 5) is 27.1. The Bertz CT molecular complexity index is 716. The SMILES string of the molecule is CC(O/N=C/c1cccc([N+](=O)[O-])c1)C(=O)Nc1ccccc1. The average Bonchev–Trinajstić information content (AvgIpc) is 2.56. The fourth-order valence-corrected chi connectivity index (χ4v) is 1.71. The van der Waals surface area contributed by atoms with Crippen molar-refractivity contribution in [3.8, 4) is 0 Å². The number of nitro benzene ring substituents is 1. The van der Waals surface area contributed by atoms with Gasteiger partial charge in [0, 0.05) is 23.4 Å². The number of carbonyl (C=O) groups excluding carboxylic acids is 1. The van der Waals surface area contributed by atoms with Crippen LogP contribution < -0.4 is 5.32 Å². The second kappa shape index (κ2) is 7.69. The molecule has 0 aliphatic carbocycles. The third-order valence-corrected chi connectivity index (χ3v) is 2.91. The number of nitrogens with zero attached hydrogens (tertiary/aromatic N) is 2. The van der Waals surface area contributed by atoms with Gasteiger partial charge in [-0.3, -0.25) is 14.9 Å². The number of nitrogens with one attached hydrogen (secondary N) is 1. The summed E-state index contributed by atoms with van der Waals surface area (Å²) in [6.07, 6.45) is 0.518. The number of benzene rings is 2. The smallest absolute Gasteiger partial charge is 0.270 e. The molecule has 1 unspecified atom stereocenters. The van der Waals surface area contributed by atoms with Crippen LogP contribution in [-0.2, 0) is 9.63 Å².